The molecule has 0 radical (unpaired) electrons. The summed E-state index contributed by atoms with van der Waals surface area (Å²) in [5, 5.41) is 7.94. The van der Waals surface area contributed by atoms with Gasteiger partial charge in [-0.05, 0) is 22.4 Å². The number of nitrogens with one attached hydrogen (secondary N) is 1. The van der Waals surface area contributed by atoms with Gasteiger partial charge in [0.25, 0.3) is 0 Å². The van der Waals surface area contributed by atoms with E-state index in [0.29, 0.717) is 6.04 Å². The van der Waals surface area contributed by atoms with Crippen LogP contribution in [0.2, 0.25) is 0 Å². The molecule has 0 bridgehead atoms. The molecule has 110 valence electrons. The van der Waals surface area contributed by atoms with E-state index < -0.39 is 0 Å². The fourth-order valence-corrected chi connectivity index (χ4v) is 2.84. The van der Waals surface area contributed by atoms with Crippen LogP contribution in [0.25, 0.3) is 0 Å². The van der Waals surface area contributed by atoms with Crippen molar-refractivity contribution in [2.24, 2.45) is 7.05 Å². The summed E-state index contributed by atoms with van der Waals surface area (Å²) in [4.78, 5) is 4.43. The van der Waals surface area contributed by atoms with E-state index in [1.54, 1.807) is 0 Å². The van der Waals surface area contributed by atoms with E-state index in [4.69, 9.17) is 0 Å². The molecule has 0 aliphatic carbocycles. The van der Waals surface area contributed by atoms with Crippen LogP contribution in [-0.4, -0.2) is 25.4 Å². The van der Waals surface area contributed by atoms with Crippen LogP contribution in [0.15, 0.2) is 16.9 Å². The summed E-state index contributed by atoms with van der Waals surface area (Å²) in [5.74, 6) is 1.05. The van der Waals surface area contributed by atoms with Crippen LogP contribution in [0.3, 0.4) is 0 Å². The Kier molecular flexibility index (Phi) is 4.99. The zero-order valence-electron chi connectivity index (χ0n) is 12.5. The highest BCUT2D eigenvalue weighted by molar-refractivity contribution is 9.10. The van der Waals surface area contributed by atoms with E-state index >= 15 is 0 Å². The molecule has 20 heavy (non-hydrogen) atoms. The third kappa shape index (κ3) is 3.30. The van der Waals surface area contributed by atoms with Gasteiger partial charge in [0, 0.05) is 25.5 Å². The highest BCUT2D eigenvalue weighted by atomic mass is 79.9. The largest absolute Gasteiger partial charge is 0.328 e. The second-order valence-corrected chi connectivity index (χ2v) is 5.98. The van der Waals surface area contributed by atoms with E-state index in [1.807, 2.05) is 24.1 Å². The second-order valence-electron chi connectivity index (χ2n) is 5.19. The quantitative estimate of drug-likeness (QED) is 0.879. The molecule has 0 amide bonds. The van der Waals surface area contributed by atoms with E-state index in [9.17, 15) is 0 Å². The van der Waals surface area contributed by atoms with Crippen molar-refractivity contribution in [1.29, 1.82) is 0 Å². The molecule has 0 aromatic carbocycles. The first-order valence-electron chi connectivity index (χ1n) is 6.96. The Labute approximate surface area is 128 Å². The number of aryl methyl sites for hydroxylation is 2. The maximum atomic E-state index is 4.53. The van der Waals surface area contributed by atoms with E-state index in [1.165, 1.54) is 5.69 Å². The Morgan fingerprint density at radius 3 is 2.75 bits per heavy atom. The maximum absolute atomic E-state index is 4.53. The summed E-state index contributed by atoms with van der Waals surface area (Å²) in [5.41, 5.74) is 2.27. The third-order valence-corrected chi connectivity index (χ3v) is 4.21. The Bertz CT molecular complexity index is 570. The minimum atomic E-state index is 0.454. The van der Waals surface area contributed by atoms with Crippen molar-refractivity contribution in [2.75, 3.05) is 0 Å². The Balaban J connectivity index is 2.18. The topological polar surface area (TPSA) is 47.7 Å². The van der Waals surface area contributed by atoms with Gasteiger partial charge in [0.2, 0.25) is 0 Å². The molecular formula is C14H22BrN5. The minimum Gasteiger partial charge on any atom is -0.328 e. The summed E-state index contributed by atoms with van der Waals surface area (Å²) in [6.07, 6.45) is 4.80. The van der Waals surface area contributed by atoms with E-state index in [2.05, 4.69) is 56.7 Å². The molecule has 0 aliphatic heterocycles. The molecule has 1 N–H and O–H groups in total. The third-order valence-electron chi connectivity index (χ3n) is 3.29. The van der Waals surface area contributed by atoms with Crippen molar-refractivity contribution >= 4 is 15.9 Å². The minimum absolute atomic E-state index is 0.454. The summed E-state index contributed by atoms with van der Waals surface area (Å²) in [6, 6.07) is 0.454. The van der Waals surface area contributed by atoms with Gasteiger partial charge < -0.3 is 9.88 Å². The lowest BCUT2D eigenvalue weighted by molar-refractivity contribution is 0.548. The van der Waals surface area contributed by atoms with Crippen LogP contribution in [0.5, 0.6) is 0 Å². The predicted molar refractivity (Wildman–Crippen MR) is 83.6 cm³/mol. The molecule has 0 unspecified atom stereocenters. The Morgan fingerprint density at radius 1 is 1.40 bits per heavy atom. The number of aromatic nitrogens is 4. The Hall–Kier alpha value is -1.14. The van der Waals surface area contributed by atoms with Gasteiger partial charge in [0.05, 0.1) is 29.0 Å². The molecule has 0 saturated carbocycles. The van der Waals surface area contributed by atoms with Gasteiger partial charge in [-0.3, -0.25) is 4.68 Å². The molecule has 0 atom stereocenters. The zero-order chi connectivity index (χ0) is 14.7. The number of imidazole rings is 1. The van der Waals surface area contributed by atoms with Crippen LogP contribution < -0.4 is 5.32 Å². The van der Waals surface area contributed by atoms with Gasteiger partial charge in [-0.1, -0.05) is 20.8 Å². The van der Waals surface area contributed by atoms with Crippen molar-refractivity contribution in [3.8, 4) is 0 Å². The number of hydrogen-bond acceptors (Lipinski definition) is 3. The highest BCUT2D eigenvalue weighted by Gasteiger charge is 2.14. The van der Waals surface area contributed by atoms with Crippen LogP contribution >= 0.6 is 15.9 Å². The molecule has 2 heterocycles. The molecule has 2 rings (SSSR count). The first-order chi connectivity index (χ1) is 9.52. The fourth-order valence-electron chi connectivity index (χ4n) is 2.10. The van der Waals surface area contributed by atoms with Crippen molar-refractivity contribution in [1.82, 2.24) is 24.6 Å². The summed E-state index contributed by atoms with van der Waals surface area (Å²) in [7, 11) is 1.99. The SMILES string of the molecule is CCc1nn(C)c(Cn2ccnc2CNC(C)C)c1Br. The van der Waals surface area contributed by atoms with Crippen LogP contribution in [0.4, 0.5) is 0 Å². The molecule has 6 heteroatoms. The monoisotopic (exact) mass is 339 g/mol. The number of hydrogen-bond donors (Lipinski definition) is 1. The molecular weight excluding hydrogens is 318 g/mol. The van der Waals surface area contributed by atoms with Gasteiger partial charge in [0.1, 0.15) is 5.82 Å². The Morgan fingerprint density at radius 2 is 2.15 bits per heavy atom. The first kappa shape index (κ1) is 15.3. The molecule has 2 aromatic rings. The zero-order valence-corrected chi connectivity index (χ0v) is 14.1. The predicted octanol–water partition coefficient (Wildman–Crippen LogP) is 2.49. The number of halogens is 1. The molecule has 0 saturated heterocycles. The molecule has 0 fully saturated rings. The van der Waals surface area contributed by atoms with Crippen molar-refractivity contribution in [3.63, 3.8) is 0 Å². The summed E-state index contributed by atoms with van der Waals surface area (Å²) >= 11 is 3.66. The maximum Gasteiger partial charge on any atom is 0.123 e. The van der Waals surface area contributed by atoms with Gasteiger partial charge in [-0.15, -0.1) is 0 Å². The molecule has 0 spiro atoms. The van der Waals surface area contributed by atoms with Crippen LogP contribution in [0, 0.1) is 0 Å². The summed E-state index contributed by atoms with van der Waals surface area (Å²) < 4.78 is 5.22. The molecule has 0 aliphatic rings. The first-order valence-corrected chi connectivity index (χ1v) is 7.75. The van der Waals surface area contributed by atoms with Gasteiger partial charge in [-0.2, -0.15) is 5.10 Å². The molecule has 5 nitrogen and oxygen atoms in total. The van der Waals surface area contributed by atoms with Crippen molar-refractivity contribution in [2.45, 2.75) is 46.3 Å². The van der Waals surface area contributed by atoms with Gasteiger partial charge in [0.15, 0.2) is 0 Å². The average molecular weight is 340 g/mol. The van der Waals surface area contributed by atoms with E-state index in [-0.39, 0.29) is 0 Å². The fraction of sp³-hybridized carbons (Fsp3) is 0.571. The molecule has 2 aromatic heterocycles. The number of rotatable bonds is 6. The smallest absolute Gasteiger partial charge is 0.123 e. The van der Waals surface area contributed by atoms with E-state index in [0.717, 1.165) is 35.5 Å². The lowest BCUT2D eigenvalue weighted by Crippen LogP contribution is -2.24. The van der Waals surface area contributed by atoms with Gasteiger partial charge in [-0.25, -0.2) is 4.98 Å². The second kappa shape index (κ2) is 6.54. The number of nitrogens with zero attached hydrogens (tertiary/aromatic N) is 4. The van der Waals surface area contributed by atoms with Crippen molar-refractivity contribution in [3.05, 3.63) is 34.1 Å². The summed E-state index contributed by atoms with van der Waals surface area (Å²) in [6.45, 7) is 7.95. The lowest BCUT2D eigenvalue weighted by Gasteiger charge is -2.11. The average Bonchev–Trinajstić information content (AvgIpc) is 2.95. The van der Waals surface area contributed by atoms with Crippen molar-refractivity contribution < 1.29 is 0 Å². The standard InChI is InChI=1S/C14H22BrN5/c1-5-11-14(15)12(19(4)18-11)9-20-7-6-16-13(20)8-17-10(2)3/h6-7,10,17H,5,8-9H2,1-4H3. The highest BCUT2D eigenvalue weighted by Crippen LogP contribution is 2.22. The van der Waals surface area contributed by atoms with Gasteiger partial charge >= 0.3 is 0 Å². The van der Waals surface area contributed by atoms with Crippen LogP contribution in [0.1, 0.15) is 38.0 Å². The van der Waals surface area contributed by atoms with Crippen LogP contribution in [-0.2, 0) is 26.6 Å². The normalized spacial score (nSPS) is 11.5. The lowest BCUT2D eigenvalue weighted by atomic mass is 10.3.